The Labute approximate surface area is 100 Å². The van der Waals surface area contributed by atoms with Crippen LogP contribution in [0.1, 0.15) is 24.4 Å². The summed E-state index contributed by atoms with van der Waals surface area (Å²) in [4.78, 5) is 10.5. The van der Waals surface area contributed by atoms with Crippen LogP contribution in [0.4, 0.5) is 0 Å². The van der Waals surface area contributed by atoms with Gasteiger partial charge in [-0.15, -0.1) is 0 Å². The molecule has 0 amide bonds. The number of rotatable bonds is 6. The van der Waals surface area contributed by atoms with E-state index in [9.17, 15) is 4.79 Å². The van der Waals surface area contributed by atoms with Crippen LogP contribution in [0.3, 0.4) is 0 Å². The maximum absolute atomic E-state index is 10.5. The van der Waals surface area contributed by atoms with Crippen molar-refractivity contribution in [3.63, 3.8) is 0 Å². The number of carboxylic acid groups (broad SMARTS) is 1. The second-order valence-corrected chi connectivity index (χ2v) is 3.65. The fourth-order valence-electron chi connectivity index (χ4n) is 1.56. The van der Waals surface area contributed by atoms with Gasteiger partial charge in [0.05, 0.1) is 14.2 Å². The molecular formula is C12H17NO4. The molecule has 0 saturated carbocycles. The van der Waals surface area contributed by atoms with Gasteiger partial charge in [0.25, 0.3) is 0 Å². The minimum atomic E-state index is -0.854. The van der Waals surface area contributed by atoms with E-state index in [1.165, 1.54) is 0 Å². The van der Waals surface area contributed by atoms with Crippen molar-refractivity contribution >= 4 is 5.97 Å². The van der Waals surface area contributed by atoms with Crippen molar-refractivity contribution in [1.82, 2.24) is 0 Å². The molecule has 0 radical (unpaired) electrons. The summed E-state index contributed by atoms with van der Waals surface area (Å²) in [5.74, 6) is 0.436. The van der Waals surface area contributed by atoms with Gasteiger partial charge >= 0.3 is 5.97 Å². The number of hydrogen-bond acceptors (Lipinski definition) is 4. The molecule has 0 aliphatic heterocycles. The van der Waals surface area contributed by atoms with Gasteiger partial charge < -0.3 is 20.3 Å². The molecule has 1 unspecified atom stereocenters. The normalized spacial score (nSPS) is 11.9. The van der Waals surface area contributed by atoms with E-state index in [2.05, 4.69) is 0 Å². The van der Waals surface area contributed by atoms with Crippen LogP contribution in [0, 0.1) is 0 Å². The molecule has 1 aromatic rings. The second kappa shape index (κ2) is 6.10. The Morgan fingerprint density at radius 2 is 2.12 bits per heavy atom. The smallest absolute Gasteiger partial charge is 0.303 e. The molecule has 1 rings (SSSR count). The second-order valence-electron chi connectivity index (χ2n) is 3.65. The van der Waals surface area contributed by atoms with Gasteiger partial charge in [0.15, 0.2) is 0 Å². The molecule has 5 heteroatoms. The minimum Gasteiger partial charge on any atom is -0.497 e. The third kappa shape index (κ3) is 3.64. The Balaban J connectivity index is 2.84. The van der Waals surface area contributed by atoms with Gasteiger partial charge in [0.2, 0.25) is 0 Å². The first kappa shape index (κ1) is 13.3. The fourth-order valence-corrected chi connectivity index (χ4v) is 1.56. The maximum atomic E-state index is 10.5. The van der Waals surface area contributed by atoms with E-state index in [0.717, 1.165) is 5.56 Å². The number of methoxy groups -OCH3 is 2. The van der Waals surface area contributed by atoms with E-state index >= 15 is 0 Å². The lowest BCUT2D eigenvalue weighted by Gasteiger charge is -2.15. The number of carbonyl (C=O) groups is 1. The molecule has 17 heavy (non-hydrogen) atoms. The Morgan fingerprint density at radius 1 is 1.41 bits per heavy atom. The van der Waals surface area contributed by atoms with E-state index < -0.39 is 5.97 Å². The van der Waals surface area contributed by atoms with E-state index in [4.69, 9.17) is 20.3 Å². The standard InChI is InChI=1S/C12H17NO4/c1-16-8-3-4-9(11(7-8)17-2)10(13)5-6-12(14)15/h3-4,7,10H,5-6,13H2,1-2H3,(H,14,15). The van der Waals surface area contributed by atoms with Crippen molar-refractivity contribution in [2.24, 2.45) is 5.73 Å². The number of aliphatic carboxylic acids is 1. The van der Waals surface area contributed by atoms with Crippen LogP contribution in [-0.2, 0) is 4.79 Å². The average Bonchev–Trinajstić information content (AvgIpc) is 2.34. The van der Waals surface area contributed by atoms with Crippen LogP contribution in [0.2, 0.25) is 0 Å². The Bertz CT molecular complexity index is 392. The molecule has 0 heterocycles. The monoisotopic (exact) mass is 239 g/mol. The van der Waals surface area contributed by atoms with Crippen molar-refractivity contribution in [2.75, 3.05) is 14.2 Å². The first-order chi connectivity index (χ1) is 8.08. The first-order valence-corrected chi connectivity index (χ1v) is 5.27. The molecule has 1 aromatic carbocycles. The lowest BCUT2D eigenvalue weighted by molar-refractivity contribution is -0.137. The first-order valence-electron chi connectivity index (χ1n) is 5.27. The van der Waals surface area contributed by atoms with Gasteiger partial charge in [-0.1, -0.05) is 6.07 Å². The molecule has 0 fully saturated rings. The third-order valence-corrected chi connectivity index (χ3v) is 2.51. The van der Waals surface area contributed by atoms with Crippen molar-refractivity contribution in [3.05, 3.63) is 23.8 Å². The summed E-state index contributed by atoms with van der Waals surface area (Å²) in [5.41, 5.74) is 6.71. The van der Waals surface area contributed by atoms with Gasteiger partial charge in [-0.25, -0.2) is 0 Å². The molecule has 0 aliphatic carbocycles. The largest absolute Gasteiger partial charge is 0.497 e. The predicted molar refractivity (Wildman–Crippen MR) is 63.3 cm³/mol. The highest BCUT2D eigenvalue weighted by Crippen LogP contribution is 2.30. The Kier molecular flexibility index (Phi) is 4.78. The van der Waals surface area contributed by atoms with Gasteiger partial charge in [-0.2, -0.15) is 0 Å². The van der Waals surface area contributed by atoms with Gasteiger partial charge in [0, 0.05) is 24.1 Å². The van der Waals surface area contributed by atoms with E-state index in [1.54, 1.807) is 32.4 Å². The predicted octanol–water partition coefficient (Wildman–Crippen LogP) is 1.57. The fraction of sp³-hybridized carbons (Fsp3) is 0.417. The molecule has 0 bridgehead atoms. The molecule has 0 aromatic heterocycles. The highest BCUT2D eigenvalue weighted by Gasteiger charge is 2.14. The summed E-state index contributed by atoms with van der Waals surface area (Å²) in [6.45, 7) is 0. The zero-order valence-corrected chi connectivity index (χ0v) is 9.97. The maximum Gasteiger partial charge on any atom is 0.303 e. The van der Waals surface area contributed by atoms with Crippen molar-refractivity contribution in [3.8, 4) is 11.5 Å². The van der Waals surface area contributed by atoms with Crippen LogP contribution in [0.5, 0.6) is 11.5 Å². The molecule has 94 valence electrons. The zero-order chi connectivity index (χ0) is 12.8. The number of benzene rings is 1. The Morgan fingerprint density at radius 3 is 2.65 bits per heavy atom. The molecule has 5 nitrogen and oxygen atoms in total. The van der Waals surface area contributed by atoms with Crippen molar-refractivity contribution in [2.45, 2.75) is 18.9 Å². The zero-order valence-electron chi connectivity index (χ0n) is 9.97. The number of ether oxygens (including phenoxy) is 2. The van der Waals surface area contributed by atoms with Crippen LogP contribution in [-0.4, -0.2) is 25.3 Å². The molecule has 1 atom stereocenters. The lowest BCUT2D eigenvalue weighted by atomic mass is 10.0. The van der Waals surface area contributed by atoms with Crippen LogP contribution >= 0.6 is 0 Å². The Hall–Kier alpha value is -1.75. The summed E-state index contributed by atoms with van der Waals surface area (Å²) >= 11 is 0. The van der Waals surface area contributed by atoms with E-state index in [1.807, 2.05) is 0 Å². The number of carboxylic acids is 1. The van der Waals surface area contributed by atoms with Crippen LogP contribution in [0.25, 0.3) is 0 Å². The van der Waals surface area contributed by atoms with Gasteiger partial charge in [-0.3, -0.25) is 4.79 Å². The highest BCUT2D eigenvalue weighted by molar-refractivity contribution is 5.66. The van der Waals surface area contributed by atoms with E-state index in [-0.39, 0.29) is 12.5 Å². The highest BCUT2D eigenvalue weighted by atomic mass is 16.5. The van der Waals surface area contributed by atoms with Crippen LogP contribution < -0.4 is 15.2 Å². The van der Waals surface area contributed by atoms with Crippen molar-refractivity contribution < 1.29 is 19.4 Å². The molecule has 3 N–H and O–H groups in total. The summed E-state index contributed by atoms with van der Waals surface area (Å²) in [5, 5.41) is 8.61. The third-order valence-electron chi connectivity index (χ3n) is 2.51. The van der Waals surface area contributed by atoms with Gasteiger partial charge in [0.1, 0.15) is 11.5 Å². The number of nitrogens with two attached hydrogens (primary N) is 1. The summed E-state index contributed by atoms with van der Waals surface area (Å²) < 4.78 is 10.3. The summed E-state index contributed by atoms with van der Waals surface area (Å²) in [7, 11) is 3.11. The summed E-state index contributed by atoms with van der Waals surface area (Å²) in [6, 6.07) is 4.95. The SMILES string of the molecule is COc1ccc(C(N)CCC(=O)O)c(OC)c1. The molecular weight excluding hydrogens is 222 g/mol. The number of hydrogen-bond donors (Lipinski definition) is 2. The molecule has 0 saturated heterocycles. The molecule has 0 spiro atoms. The lowest BCUT2D eigenvalue weighted by Crippen LogP contribution is -2.13. The van der Waals surface area contributed by atoms with E-state index in [0.29, 0.717) is 17.9 Å². The average molecular weight is 239 g/mol. The van der Waals surface area contributed by atoms with Crippen LogP contribution in [0.15, 0.2) is 18.2 Å². The van der Waals surface area contributed by atoms with Crippen molar-refractivity contribution in [1.29, 1.82) is 0 Å². The molecule has 0 aliphatic rings. The quantitative estimate of drug-likeness (QED) is 0.787. The topological polar surface area (TPSA) is 81.8 Å². The summed E-state index contributed by atoms with van der Waals surface area (Å²) in [6.07, 6.45) is 0.411. The minimum absolute atomic E-state index is 0.0380. The van der Waals surface area contributed by atoms with Gasteiger partial charge in [-0.05, 0) is 12.5 Å².